The van der Waals surface area contributed by atoms with Gasteiger partial charge in [0.15, 0.2) is 0 Å². The molecule has 1 aliphatic heterocycles. The second-order valence-corrected chi connectivity index (χ2v) is 8.08. The van der Waals surface area contributed by atoms with Crippen LogP contribution in [0.1, 0.15) is 15.9 Å². The Balaban J connectivity index is 1.72. The highest BCUT2D eigenvalue weighted by Gasteiger charge is 2.31. The number of hydrogen-bond acceptors (Lipinski definition) is 3. The summed E-state index contributed by atoms with van der Waals surface area (Å²) in [6.07, 6.45) is 3.54. The number of nitrogens with zero attached hydrogens (tertiary/aromatic N) is 3. The summed E-state index contributed by atoms with van der Waals surface area (Å²) in [7, 11) is -1.85. The smallest absolute Gasteiger partial charge is 0.255 e. The molecule has 2 aromatic rings. The topological polar surface area (TPSA) is 62.6 Å². The molecule has 8 heteroatoms. The van der Waals surface area contributed by atoms with Crippen molar-refractivity contribution in [2.45, 2.75) is 11.8 Å². The predicted octanol–water partition coefficient (Wildman–Crippen LogP) is 1.62. The monoisotopic (exact) mass is 365 g/mol. The van der Waals surface area contributed by atoms with Crippen LogP contribution in [0.3, 0.4) is 0 Å². The number of sulfonamides is 1. The van der Waals surface area contributed by atoms with Gasteiger partial charge in [0.2, 0.25) is 10.0 Å². The summed E-state index contributed by atoms with van der Waals surface area (Å²) >= 11 is 0. The van der Waals surface area contributed by atoms with Crippen LogP contribution in [0.25, 0.3) is 0 Å². The normalized spacial score (nSPS) is 16.2. The Morgan fingerprint density at radius 3 is 2.36 bits per heavy atom. The van der Waals surface area contributed by atoms with Gasteiger partial charge in [0.25, 0.3) is 5.91 Å². The molecule has 6 nitrogen and oxygen atoms in total. The molecule has 134 valence electrons. The number of rotatable bonds is 3. The van der Waals surface area contributed by atoms with E-state index in [1.54, 1.807) is 34.9 Å². The first kappa shape index (κ1) is 17.6. The predicted molar refractivity (Wildman–Crippen MR) is 91.2 cm³/mol. The Kier molecular flexibility index (Phi) is 4.66. The molecule has 25 heavy (non-hydrogen) atoms. The lowest BCUT2D eigenvalue weighted by Crippen LogP contribution is -2.50. The Morgan fingerprint density at radius 1 is 1.12 bits per heavy atom. The lowest BCUT2D eigenvalue weighted by atomic mass is 10.2. The molecule has 1 aromatic heterocycles. The summed E-state index contributed by atoms with van der Waals surface area (Å²) < 4.78 is 41.9. The Bertz CT molecular complexity index is 900. The third kappa shape index (κ3) is 3.45. The molecule has 0 spiro atoms. The second kappa shape index (κ2) is 6.61. The average Bonchev–Trinajstić information content (AvgIpc) is 3.00. The van der Waals surface area contributed by atoms with Crippen molar-refractivity contribution in [3.63, 3.8) is 0 Å². The first-order valence-corrected chi connectivity index (χ1v) is 9.40. The van der Waals surface area contributed by atoms with Crippen LogP contribution in [0.15, 0.2) is 41.6 Å². The van der Waals surface area contributed by atoms with Crippen molar-refractivity contribution in [2.75, 3.05) is 26.2 Å². The molecule has 1 amide bonds. The summed E-state index contributed by atoms with van der Waals surface area (Å²) in [5, 5.41) is 0. The van der Waals surface area contributed by atoms with Crippen LogP contribution in [0.2, 0.25) is 0 Å². The first-order chi connectivity index (χ1) is 11.8. The SMILES string of the molecule is Cc1cc(F)ccc1S(=O)(=O)N1CCN(C(=O)c2ccn(C)c2)CC1. The van der Waals surface area contributed by atoms with Crippen molar-refractivity contribution in [1.82, 2.24) is 13.8 Å². The molecule has 0 aliphatic carbocycles. The van der Waals surface area contributed by atoms with Crippen molar-refractivity contribution in [2.24, 2.45) is 7.05 Å². The third-order valence-electron chi connectivity index (χ3n) is 4.36. The number of halogens is 1. The molecule has 1 aliphatic rings. The van der Waals surface area contributed by atoms with E-state index in [2.05, 4.69) is 0 Å². The molecule has 1 aromatic carbocycles. The van der Waals surface area contributed by atoms with Crippen LogP contribution in [0.5, 0.6) is 0 Å². The van der Waals surface area contributed by atoms with E-state index in [1.807, 2.05) is 7.05 Å². The summed E-state index contributed by atoms with van der Waals surface area (Å²) in [5.74, 6) is -0.565. The largest absolute Gasteiger partial charge is 0.356 e. The highest BCUT2D eigenvalue weighted by molar-refractivity contribution is 7.89. The van der Waals surface area contributed by atoms with E-state index in [4.69, 9.17) is 0 Å². The van der Waals surface area contributed by atoms with Crippen LogP contribution in [-0.2, 0) is 17.1 Å². The fourth-order valence-corrected chi connectivity index (χ4v) is 4.61. The average molecular weight is 365 g/mol. The lowest BCUT2D eigenvalue weighted by molar-refractivity contribution is 0.0698. The van der Waals surface area contributed by atoms with Gasteiger partial charge < -0.3 is 9.47 Å². The van der Waals surface area contributed by atoms with Crippen molar-refractivity contribution >= 4 is 15.9 Å². The Hall–Kier alpha value is -2.19. The number of carbonyl (C=O) groups is 1. The number of benzene rings is 1. The number of amides is 1. The Morgan fingerprint density at radius 2 is 1.80 bits per heavy atom. The maximum Gasteiger partial charge on any atom is 0.255 e. The number of aryl methyl sites for hydroxylation is 2. The summed E-state index contributed by atoms with van der Waals surface area (Å²) in [4.78, 5) is 14.2. The van der Waals surface area contributed by atoms with Crippen LogP contribution in [-0.4, -0.2) is 54.3 Å². The minimum Gasteiger partial charge on any atom is -0.356 e. The molecule has 0 atom stereocenters. The van der Waals surface area contributed by atoms with E-state index in [1.165, 1.54) is 16.4 Å². The van der Waals surface area contributed by atoms with Gasteiger partial charge in [-0.25, -0.2) is 12.8 Å². The molecule has 3 rings (SSSR count). The molecular formula is C17H20FN3O3S. The second-order valence-electron chi connectivity index (χ2n) is 6.17. The molecule has 0 bridgehead atoms. The van der Waals surface area contributed by atoms with E-state index in [-0.39, 0.29) is 23.9 Å². The van der Waals surface area contributed by atoms with E-state index in [0.717, 1.165) is 6.07 Å². The summed E-state index contributed by atoms with van der Waals surface area (Å²) in [6.45, 7) is 2.67. The zero-order valence-corrected chi connectivity index (χ0v) is 15.0. The lowest BCUT2D eigenvalue weighted by Gasteiger charge is -2.34. The van der Waals surface area contributed by atoms with Crippen molar-refractivity contribution in [1.29, 1.82) is 0 Å². The molecular weight excluding hydrogens is 345 g/mol. The van der Waals surface area contributed by atoms with Gasteiger partial charge in [0.1, 0.15) is 5.82 Å². The third-order valence-corrected chi connectivity index (χ3v) is 6.42. The van der Waals surface area contributed by atoms with Gasteiger partial charge >= 0.3 is 0 Å². The van der Waals surface area contributed by atoms with Crippen LogP contribution >= 0.6 is 0 Å². The fraction of sp³-hybridized carbons (Fsp3) is 0.353. The van der Waals surface area contributed by atoms with Gasteiger partial charge in [-0.1, -0.05) is 0 Å². The number of aromatic nitrogens is 1. The van der Waals surface area contributed by atoms with Crippen LogP contribution < -0.4 is 0 Å². The minimum absolute atomic E-state index is 0.101. The van der Waals surface area contributed by atoms with Crippen LogP contribution in [0, 0.1) is 12.7 Å². The number of carbonyl (C=O) groups excluding carboxylic acids is 1. The van der Waals surface area contributed by atoms with Gasteiger partial charge in [-0.3, -0.25) is 4.79 Å². The van der Waals surface area contributed by atoms with Crippen molar-refractivity contribution < 1.29 is 17.6 Å². The maximum atomic E-state index is 13.2. The zero-order valence-electron chi connectivity index (χ0n) is 14.1. The summed E-state index contributed by atoms with van der Waals surface area (Å²) in [5.41, 5.74) is 0.968. The van der Waals surface area contributed by atoms with Gasteiger partial charge in [0.05, 0.1) is 10.5 Å². The van der Waals surface area contributed by atoms with Gasteiger partial charge in [-0.05, 0) is 36.8 Å². The van der Waals surface area contributed by atoms with Gasteiger partial charge in [-0.2, -0.15) is 4.31 Å². The molecule has 1 saturated heterocycles. The first-order valence-electron chi connectivity index (χ1n) is 7.96. The highest BCUT2D eigenvalue weighted by Crippen LogP contribution is 2.22. The molecule has 0 saturated carbocycles. The maximum absolute atomic E-state index is 13.2. The van der Waals surface area contributed by atoms with Gasteiger partial charge in [-0.15, -0.1) is 0 Å². The molecule has 0 N–H and O–H groups in total. The minimum atomic E-state index is -3.69. The number of piperazine rings is 1. The highest BCUT2D eigenvalue weighted by atomic mass is 32.2. The van der Waals surface area contributed by atoms with E-state index < -0.39 is 15.8 Å². The quantitative estimate of drug-likeness (QED) is 0.830. The molecule has 1 fully saturated rings. The zero-order chi connectivity index (χ0) is 18.2. The van der Waals surface area contributed by atoms with Crippen LogP contribution in [0.4, 0.5) is 4.39 Å². The van der Waals surface area contributed by atoms with E-state index >= 15 is 0 Å². The molecule has 2 heterocycles. The standard InChI is InChI=1S/C17H20FN3O3S/c1-13-11-15(18)3-4-16(13)25(23,24)21-9-7-20(8-10-21)17(22)14-5-6-19(2)12-14/h3-6,11-12H,7-10H2,1-2H3. The fourth-order valence-electron chi connectivity index (χ4n) is 2.99. The van der Waals surface area contributed by atoms with E-state index in [0.29, 0.717) is 24.2 Å². The van der Waals surface area contributed by atoms with Crippen molar-refractivity contribution in [3.8, 4) is 0 Å². The summed E-state index contributed by atoms with van der Waals surface area (Å²) in [6, 6.07) is 5.39. The van der Waals surface area contributed by atoms with Gasteiger partial charge in [0, 0.05) is 45.6 Å². The van der Waals surface area contributed by atoms with E-state index in [9.17, 15) is 17.6 Å². The number of hydrogen-bond donors (Lipinski definition) is 0. The molecule has 0 radical (unpaired) electrons. The molecule has 0 unspecified atom stereocenters. The van der Waals surface area contributed by atoms with Crippen molar-refractivity contribution in [3.05, 3.63) is 53.6 Å². The Labute approximate surface area is 146 Å².